The van der Waals surface area contributed by atoms with Gasteiger partial charge in [0.15, 0.2) is 5.96 Å². The predicted octanol–water partition coefficient (Wildman–Crippen LogP) is 3.06. The van der Waals surface area contributed by atoms with Crippen LogP contribution in [-0.2, 0) is 24.3 Å². The van der Waals surface area contributed by atoms with Crippen LogP contribution in [0.15, 0.2) is 47.7 Å². The zero-order valence-corrected chi connectivity index (χ0v) is 21.1. The topological polar surface area (TPSA) is 74.6 Å². The molecule has 0 aliphatic carbocycles. The molecule has 2 N–H and O–H groups in total. The van der Waals surface area contributed by atoms with Crippen molar-refractivity contribution in [2.45, 2.75) is 52.7 Å². The molecule has 1 aliphatic heterocycles. The zero-order valence-electron chi connectivity index (χ0n) is 18.8. The van der Waals surface area contributed by atoms with Gasteiger partial charge in [-0.15, -0.1) is 24.0 Å². The van der Waals surface area contributed by atoms with E-state index in [9.17, 15) is 4.79 Å². The van der Waals surface area contributed by atoms with Gasteiger partial charge in [-0.2, -0.15) is 0 Å². The molecule has 1 atom stereocenters. The van der Waals surface area contributed by atoms with Crippen LogP contribution >= 0.6 is 24.0 Å². The lowest BCUT2D eigenvalue weighted by Gasteiger charge is -2.20. The highest BCUT2D eigenvalue weighted by atomic mass is 127. The number of amides is 1. The molecule has 170 valence electrons. The number of hydrogen-bond donors (Lipinski definition) is 2. The first-order valence-electron chi connectivity index (χ1n) is 10.9. The molecule has 0 spiro atoms. The minimum absolute atomic E-state index is 0. The molecule has 31 heavy (non-hydrogen) atoms. The van der Waals surface area contributed by atoms with Crippen LogP contribution in [0.25, 0.3) is 0 Å². The van der Waals surface area contributed by atoms with Crippen LogP contribution in [0.3, 0.4) is 0 Å². The van der Waals surface area contributed by atoms with E-state index in [-0.39, 0.29) is 41.8 Å². The molecule has 8 heteroatoms. The summed E-state index contributed by atoms with van der Waals surface area (Å²) in [6.07, 6.45) is 5.76. The number of benzene rings is 1. The molecule has 2 heterocycles. The lowest BCUT2D eigenvalue weighted by molar-refractivity contribution is -0.133. The maximum atomic E-state index is 12.2. The molecule has 1 aromatic carbocycles. The maximum Gasteiger partial charge on any atom is 0.225 e. The Hall–Kier alpha value is -2.10. The Labute approximate surface area is 202 Å². The number of halogens is 1. The summed E-state index contributed by atoms with van der Waals surface area (Å²) in [4.78, 5) is 23.4. The minimum atomic E-state index is 0. The van der Waals surface area contributed by atoms with Crippen molar-refractivity contribution in [1.82, 2.24) is 25.1 Å². The molecular formula is C23H35IN6O. The fourth-order valence-electron chi connectivity index (χ4n) is 3.70. The summed E-state index contributed by atoms with van der Waals surface area (Å²) in [5.74, 6) is 1.99. The molecule has 1 amide bonds. The zero-order chi connectivity index (χ0) is 21.3. The Morgan fingerprint density at radius 3 is 2.77 bits per heavy atom. The Morgan fingerprint density at radius 2 is 2.06 bits per heavy atom. The summed E-state index contributed by atoms with van der Waals surface area (Å²) >= 11 is 0. The number of nitrogens with zero attached hydrogens (tertiary/aromatic N) is 4. The molecule has 2 aromatic rings. The molecule has 1 aliphatic rings. The number of rotatable bonds is 8. The van der Waals surface area contributed by atoms with E-state index in [4.69, 9.17) is 4.99 Å². The molecule has 1 unspecified atom stereocenters. The van der Waals surface area contributed by atoms with Crippen LogP contribution in [0.2, 0.25) is 0 Å². The Morgan fingerprint density at radius 1 is 1.29 bits per heavy atom. The third-order valence-corrected chi connectivity index (χ3v) is 5.34. The van der Waals surface area contributed by atoms with Gasteiger partial charge in [0.1, 0.15) is 12.4 Å². The minimum Gasteiger partial charge on any atom is -0.357 e. The van der Waals surface area contributed by atoms with Crippen LogP contribution in [0.1, 0.15) is 38.6 Å². The van der Waals surface area contributed by atoms with Crippen LogP contribution < -0.4 is 10.6 Å². The second-order valence-electron chi connectivity index (χ2n) is 8.04. The van der Waals surface area contributed by atoms with Crippen molar-refractivity contribution in [3.8, 4) is 0 Å². The average molecular weight is 538 g/mol. The van der Waals surface area contributed by atoms with E-state index in [0.717, 1.165) is 50.8 Å². The first kappa shape index (κ1) is 25.2. The number of carbonyl (C=O) groups is 1. The highest BCUT2D eigenvalue weighted by molar-refractivity contribution is 14.0. The van der Waals surface area contributed by atoms with Crippen molar-refractivity contribution < 1.29 is 4.79 Å². The fourth-order valence-corrected chi connectivity index (χ4v) is 3.70. The fraction of sp³-hybridized carbons (Fsp3) is 0.522. The molecule has 7 nitrogen and oxygen atoms in total. The molecular weight excluding hydrogens is 503 g/mol. The smallest absolute Gasteiger partial charge is 0.225 e. The highest BCUT2D eigenvalue weighted by Gasteiger charge is 2.27. The van der Waals surface area contributed by atoms with Crippen LogP contribution in [0, 0.1) is 5.92 Å². The lowest BCUT2D eigenvalue weighted by atomic mass is 10.1. The quantitative estimate of drug-likeness (QED) is 0.308. The van der Waals surface area contributed by atoms with Crippen LogP contribution in [0.5, 0.6) is 0 Å². The van der Waals surface area contributed by atoms with Gasteiger partial charge in [0.05, 0.1) is 0 Å². The van der Waals surface area contributed by atoms with E-state index in [1.807, 2.05) is 37.2 Å². The summed E-state index contributed by atoms with van der Waals surface area (Å²) in [5.41, 5.74) is 1.32. The van der Waals surface area contributed by atoms with Crippen LogP contribution in [-0.4, -0.2) is 52.0 Å². The van der Waals surface area contributed by atoms with Gasteiger partial charge in [-0.05, 0) is 25.3 Å². The van der Waals surface area contributed by atoms with Crippen molar-refractivity contribution in [2.75, 3.05) is 19.6 Å². The van der Waals surface area contributed by atoms with Crippen molar-refractivity contribution in [2.24, 2.45) is 10.9 Å². The Balaban J connectivity index is 0.00000341. The number of carbonyl (C=O) groups excluding carboxylic acids is 1. The molecule has 1 saturated heterocycles. The highest BCUT2D eigenvalue weighted by Crippen LogP contribution is 2.13. The summed E-state index contributed by atoms with van der Waals surface area (Å²) in [6, 6.07) is 10.7. The van der Waals surface area contributed by atoms with Gasteiger partial charge in [0.25, 0.3) is 0 Å². The summed E-state index contributed by atoms with van der Waals surface area (Å²) in [5, 5.41) is 6.80. The Bertz CT molecular complexity index is 836. The van der Waals surface area contributed by atoms with Gasteiger partial charge in [0.2, 0.25) is 5.91 Å². The van der Waals surface area contributed by atoms with E-state index in [2.05, 4.69) is 51.4 Å². The third-order valence-electron chi connectivity index (χ3n) is 5.34. The summed E-state index contributed by atoms with van der Waals surface area (Å²) in [7, 11) is 0. The van der Waals surface area contributed by atoms with Gasteiger partial charge in [0, 0.05) is 50.5 Å². The van der Waals surface area contributed by atoms with Crippen molar-refractivity contribution in [1.29, 1.82) is 0 Å². The molecule has 0 bridgehead atoms. The number of imidazole rings is 1. The van der Waals surface area contributed by atoms with E-state index < -0.39 is 0 Å². The lowest BCUT2D eigenvalue weighted by Crippen LogP contribution is -2.45. The average Bonchev–Trinajstić information content (AvgIpc) is 3.40. The maximum absolute atomic E-state index is 12.2. The predicted molar refractivity (Wildman–Crippen MR) is 136 cm³/mol. The van der Waals surface area contributed by atoms with Crippen molar-refractivity contribution in [3.63, 3.8) is 0 Å². The molecule has 1 aromatic heterocycles. The Kier molecular flexibility index (Phi) is 10.3. The van der Waals surface area contributed by atoms with Crippen molar-refractivity contribution in [3.05, 3.63) is 54.1 Å². The largest absolute Gasteiger partial charge is 0.357 e. The number of aromatic nitrogens is 2. The van der Waals surface area contributed by atoms with Gasteiger partial charge in [-0.1, -0.05) is 44.2 Å². The normalized spacial score (nSPS) is 16.3. The van der Waals surface area contributed by atoms with E-state index >= 15 is 0 Å². The molecule has 3 rings (SSSR count). The second-order valence-corrected chi connectivity index (χ2v) is 8.04. The van der Waals surface area contributed by atoms with Gasteiger partial charge < -0.3 is 20.1 Å². The number of hydrogen-bond acceptors (Lipinski definition) is 3. The third kappa shape index (κ3) is 7.52. The van der Waals surface area contributed by atoms with Gasteiger partial charge in [-0.25, -0.2) is 9.98 Å². The van der Waals surface area contributed by atoms with Crippen LogP contribution in [0.4, 0.5) is 0 Å². The molecule has 0 saturated carbocycles. The van der Waals surface area contributed by atoms with Gasteiger partial charge >= 0.3 is 0 Å². The second kappa shape index (κ2) is 12.7. The number of likely N-dealkylation sites (tertiary alicyclic amines) is 1. The van der Waals surface area contributed by atoms with E-state index in [1.165, 1.54) is 5.56 Å². The number of nitrogens with one attached hydrogen (secondary N) is 2. The summed E-state index contributed by atoms with van der Waals surface area (Å²) in [6.45, 7) is 9.68. The first-order valence-corrected chi connectivity index (χ1v) is 10.9. The number of guanidine groups is 1. The van der Waals surface area contributed by atoms with E-state index in [1.54, 1.807) is 0 Å². The first-order chi connectivity index (χ1) is 14.6. The number of aryl methyl sites for hydroxylation is 2. The number of aliphatic imine (C=N–C) groups is 1. The van der Waals surface area contributed by atoms with E-state index in [0.29, 0.717) is 6.54 Å². The standard InChI is InChI=1S/C23H34N6O.HI/c1-4-24-23(27-20-11-14-29(17-20)22(30)18(2)3)26-16-21-25-12-15-28(21)13-10-19-8-6-5-7-9-19;/h5-9,12,15,18,20H,4,10-11,13-14,16-17H2,1-3H3,(H2,24,26,27);1H. The monoisotopic (exact) mass is 538 g/mol. The molecule has 0 radical (unpaired) electrons. The molecule has 1 fully saturated rings. The van der Waals surface area contributed by atoms with Crippen molar-refractivity contribution >= 4 is 35.8 Å². The summed E-state index contributed by atoms with van der Waals surface area (Å²) < 4.78 is 2.17. The van der Waals surface area contributed by atoms with Gasteiger partial charge in [-0.3, -0.25) is 4.79 Å². The SMILES string of the molecule is CCNC(=NCc1nccn1CCc1ccccc1)NC1CCN(C(=O)C(C)C)C1.I.